The Hall–Kier alpha value is -2.12. The lowest BCUT2D eigenvalue weighted by Crippen LogP contribution is -2.09. The Labute approximate surface area is 135 Å². The van der Waals surface area contributed by atoms with Gasteiger partial charge in [0, 0.05) is 23.2 Å². The number of carbonyl (C=O) groups is 1. The lowest BCUT2D eigenvalue weighted by molar-refractivity contribution is 0.0329. The van der Waals surface area contributed by atoms with E-state index in [4.69, 9.17) is 4.74 Å². The Morgan fingerprint density at radius 3 is 2.82 bits per heavy atom. The molecular formula is C15H13N3O2S2. The molecule has 0 aromatic carbocycles. The molecule has 5 nitrogen and oxygen atoms in total. The first-order chi connectivity index (χ1) is 10.6. The summed E-state index contributed by atoms with van der Waals surface area (Å²) in [6, 6.07) is 1.81. The van der Waals surface area contributed by atoms with E-state index in [0.29, 0.717) is 11.3 Å². The largest absolute Gasteiger partial charge is 0.452 e. The molecule has 3 aromatic heterocycles. The molecule has 7 heteroatoms. The molecule has 0 saturated heterocycles. The van der Waals surface area contributed by atoms with Crippen LogP contribution in [-0.2, 0) is 4.74 Å². The zero-order valence-electron chi connectivity index (χ0n) is 12.0. The second-order valence-corrected chi connectivity index (χ2v) is 6.60. The number of aromatic nitrogens is 3. The zero-order valence-corrected chi connectivity index (χ0v) is 13.6. The molecule has 0 aliphatic carbocycles. The predicted molar refractivity (Wildman–Crippen MR) is 86.0 cm³/mol. The SMILES string of the molecule is Cc1nc(-c2cc(C(=O)O[C@H](C)c3cnccn3)cs2)cs1. The molecule has 0 spiro atoms. The predicted octanol–water partition coefficient (Wildman–Crippen LogP) is 3.89. The molecule has 112 valence electrons. The molecule has 0 saturated carbocycles. The molecule has 3 aromatic rings. The van der Waals surface area contributed by atoms with Crippen LogP contribution in [-0.4, -0.2) is 20.9 Å². The van der Waals surface area contributed by atoms with Crippen LogP contribution in [0.1, 0.15) is 34.1 Å². The highest BCUT2D eigenvalue weighted by atomic mass is 32.1. The molecule has 22 heavy (non-hydrogen) atoms. The lowest BCUT2D eigenvalue weighted by atomic mass is 10.2. The molecule has 0 aliphatic rings. The topological polar surface area (TPSA) is 65.0 Å². The Bertz CT molecular complexity index is 783. The van der Waals surface area contributed by atoms with Gasteiger partial charge in [-0.1, -0.05) is 0 Å². The van der Waals surface area contributed by atoms with E-state index in [-0.39, 0.29) is 5.97 Å². The Morgan fingerprint density at radius 1 is 1.27 bits per heavy atom. The van der Waals surface area contributed by atoms with Gasteiger partial charge in [-0.25, -0.2) is 9.78 Å². The average molecular weight is 331 g/mol. The van der Waals surface area contributed by atoms with E-state index in [1.807, 2.05) is 18.4 Å². The van der Waals surface area contributed by atoms with Gasteiger partial charge >= 0.3 is 5.97 Å². The summed E-state index contributed by atoms with van der Waals surface area (Å²) < 4.78 is 5.42. The summed E-state index contributed by atoms with van der Waals surface area (Å²) in [6.07, 6.45) is 4.31. The van der Waals surface area contributed by atoms with E-state index in [0.717, 1.165) is 15.6 Å². The number of thiazole rings is 1. The van der Waals surface area contributed by atoms with Gasteiger partial charge in [0.25, 0.3) is 0 Å². The van der Waals surface area contributed by atoms with Crippen molar-refractivity contribution in [1.82, 2.24) is 15.0 Å². The van der Waals surface area contributed by atoms with Crippen molar-refractivity contribution in [2.24, 2.45) is 0 Å². The standard InChI is InChI=1S/C15H13N3O2S2/c1-9(12-6-16-3-4-17-12)20-15(19)11-5-14(22-7-11)13-8-21-10(2)18-13/h3-9H,1-2H3/t9-/m1/s1. The van der Waals surface area contributed by atoms with Gasteiger partial charge in [-0.2, -0.15) is 0 Å². The number of nitrogens with zero attached hydrogens (tertiary/aromatic N) is 3. The summed E-state index contributed by atoms with van der Waals surface area (Å²) in [7, 11) is 0. The van der Waals surface area contributed by atoms with Crippen LogP contribution in [0.15, 0.2) is 35.4 Å². The van der Waals surface area contributed by atoms with Crippen LogP contribution in [0.4, 0.5) is 0 Å². The fraction of sp³-hybridized carbons (Fsp3) is 0.200. The van der Waals surface area contributed by atoms with Crippen LogP contribution in [0.5, 0.6) is 0 Å². The maximum Gasteiger partial charge on any atom is 0.339 e. The fourth-order valence-electron chi connectivity index (χ4n) is 1.86. The molecule has 3 heterocycles. The molecule has 1 atom stereocenters. The molecular weight excluding hydrogens is 318 g/mol. The van der Waals surface area contributed by atoms with E-state index in [1.54, 1.807) is 42.2 Å². The monoisotopic (exact) mass is 331 g/mol. The van der Waals surface area contributed by atoms with Gasteiger partial charge in [0.05, 0.1) is 33.0 Å². The van der Waals surface area contributed by atoms with E-state index in [1.165, 1.54) is 11.3 Å². The van der Waals surface area contributed by atoms with E-state index in [9.17, 15) is 4.79 Å². The van der Waals surface area contributed by atoms with Gasteiger partial charge in [-0.3, -0.25) is 9.97 Å². The van der Waals surface area contributed by atoms with E-state index >= 15 is 0 Å². The van der Waals surface area contributed by atoms with Crippen molar-refractivity contribution in [3.05, 3.63) is 51.7 Å². The molecule has 0 radical (unpaired) electrons. The Morgan fingerprint density at radius 2 is 2.14 bits per heavy atom. The number of hydrogen-bond acceptors (Lipinski definition) is 7. The third-order valence-electron chi connectivity index (χ3n) is 2.99. The average Bonchev–Trinajstić information content (AvgIpc) is 3.16. The van der Waals surface area contributed by atoms with E-state index in [2.05, 4.69) is 15.0 Å². The third-order valence-corrected chi connectivity index (χ3v) is 4.72. The minimum absolute atomic E-state index is 0.368. The highest BCUT2D eigenvalue weighted by Crippen LogP contribution is 2.29. The zero-order chi connectivity index (χ0) is 15.5. The number of rotatable bonds is 4. The first-order valence-electron chi connectivity index (χ1n) is 6.61. The van der Waals surface area contributed by atoms with Crippen molar-refractivity contribution >= 4 is 28.6 Å². The molecule has 0 bridgehead atoms. The van der Waals surface area contributed by atoms with Crippen molar-refractivity contribution in [1.29, 1.82) is 0 Å². The molecule has 0 fully saturated rings. The molecule has 0 aliphatic heterocycles. The Balaban J connectivity index is 1.72. The highest BCUT2D eigenvalue weighted by molar-refractivity contribution is 7.14. The molecule has 3 rings (SSSR count). The molecule has 0 unspecified atom stereocenters. The first-order valence-corrected chi connectivity index (χ1v) is 8.37. The minimum atomic E-state index is -0.439. The normalized spacial score (nSPS) is 12.1. The van der Waals surface area contributed by atoms with Crippen LogP contribution in [0.3, 0.4) is 0 Å². The summed E-state index contributed by atoms with van der Waals surface area (Å²) in [5.41, 5.74) is 2.05. The van der Waals surface area contributed by atoms with Gasteiger partial charge in [-0.05, 0) is 19.9 Å². The van der Waals surface area contributed by atoms with Crippen molar-refractivity contribution < 1.29 is 9.53 Å². The minimum Gasteiger partial charge on any atom is -0.452 e. The second kappa shape index (κ2) is 6.33. The highest BCUT2D eigenvalue weighted by Gasteiger charge is 2.17. The summed E-state index contributed by atoms with van der Waals surface area (Å²) >= 11 is 3.07. The van der Waals surface area contributed by atoms with Crippen LogP contribution in [0.2, 0.25) is 0 Å². The quantitative estimate of drug-likeness (QED) is 0.679. The summed E-state index contributed by atoms with van der Waals surface area (Å²) in [4.78, 5) is 25.7. The maximum absolute atomic E-state index is 12.2. The molecule has 0 amide bonds. The van der Waals surface area contributed by atoms with Crippen molar-refractivity contribution in [2.45, 2.75) is 20.0 Å². The third kappa shape index (κ3) is 3.20. The Kier molecular flexibility index (Phi) is 4.26. The summed E-state index contributed by atoms with van der Waals surface area (Å²) in [5.74, 6) is -0.368. The van der Waals surface area contributed by atoms with Crippen LogP contribution in [0, 0.1) is 6.92 Å². The van der Waals surface area contributed by atoms with Gasteiger partial charge in [0.2, 0.25) is 0 Å². The fourth-order valence-corrected chi connectivity index (χ4v) is 3.39. The van der Waals surface area contributed by atoms with Crippen molar-refractivity contribution in [2.75, 3.05) is 0 Å². The number of ether oxygens (including phenoxy) is 1. The number of carbonyl (C=O) groups excluding carboxylic acids is 1. The lowest BCUT2D eigenvalue weighted by Gasteiger charge is -2.11. The van der Waals surface area contributed by atoms with Crippen LogP contribution in [0.25, 0.3) is 10.6 Å². The smallest absolute Gasteiger partial charge is 0.339 e. The van der Waals surface area contributed by atoms with Gasteiger partial charge in [-0.15, -0.1) is 22.7 Å². The number of aryl methyl sites for hydroxylation is 1. The van der Waals surface area contributed by atoms with Crippen LogP contribution >= 0.6 is 22.7 Å². The second-order valence-electron chi connectivity index (χ2n) is 4.63. The van der Waals surface area contributed by atoms with Gasteiger partial charge in [0.15, 0.2) is 0 Å². The number of thiophene rings is 1. The summed E-state index contributed by atoms with van der Waals surface area (Å²) in [6.45, 7) is 3.73. The van der Waals surface area contributed by atoms with Crippen molar-refractivity contribution in [3.8, 4) is 10.6 Å². The van der Waals surface area contributed by atoms with Crippen LogP contribution < -0.4 is 0 Å². The number of esters is 1. The van der Waals surface area contributed by atoms with Gasteiger partial charge in [0.1, 0.15) is 6.10 Å². The van der Waals surface area contributed by atoms with Crippen molar-refractivity contribution in [3.63, 3.8) is 0 Å². The number of hydrogen-bond donors (Lipinski definition) is 0. The van der Waals surface area contributed by atoms with Gasteiger partial charge < -0.3 is 4.74 Å². The first kappa shape index (κ1) is 14.8. The summed E-state index contributed by atoms with van der Waals surface area (Å²) in [5, 5.41) is 4.78. The van der Waals surface area contributed by atoms with E-state index < -0.39 is 6.10 Å². The maximum atomic E-state index is 12.2. The molecule has 0 N–H and O–H groups in total.